The molecule has 0 N–H and O–H groups in total. The van der Waals surface area contributed by atoms with E-state index in [0.29, 0.717) is 21.9 Å². The first-order valence-electron chi connectivity index (χ1n) is 10.2. The van der Waals surface area contributed by atoms with Gasteiger partial charge in [-0.25, -0.2) is 4.79 Å². The van der Waals surface area contributed by atoms with Crippen LogP contribution in [0, 0.1) is 13.8 Å². The lowest BCUT2D eigenvalue weighted by Gasteiger charge is -2.14. The first-order chi connectivity index (χ1) is 15.8. The third kappa shape index (κ3) is 5.35. The van der Waals surface area contributed by atoms with E-state index < -0.39 is 12.1 Å². The molecule has 0 aliphatic carbocycles. The van der Waals surface area contributed by atoms with E-state index in [2.05, 4.69) is 0 Å². The van der Waals surface area contributed by atoms with Gasteiger partial charge in [-0.3, -0.25) is 4.79 Å². The number of benzene rings is 3. The SMILES string of the molecule is Cc1cc(C)cc(Oc2coc3cc(OC(=O)C(C)Oc4ccc(Cl)cc4)ccc3c2=O)c1. The molecule has 1 unspecified atom stereocenters. The zero-order valence-electron chi connectivity index (χ0n) is 18.3. The molecule has 0 fully saturated rings. The summed E-state index contributed by atoms with van der Waals surface area (Å²) in [4.78, 5) is 25.3. The molecule has 0 amide bonds. The summed E-state index contributed by atoms with van der Waals surface area (Å²) in [6.07, 6.45) is 0.391. The molecule has 1 heterocycles. The van der Waals surface area contributed by atoms with Gasteiger partial charge in [0.2, 0.25) is 11.2 Å². The second-order valence-corrected chi connectivity index (χ2v) is 8.08. The number of carbonyl (C=O) groups is 1. The minimum atomic E-state index is -0.859. The zero-order chi connectivity index (χ0) is 23.5. The highest BCUT2D eigenvalue weighted by Crippen LogP contribution is 2.26. The molecule has 3 aromatic carbocycles. The van der Waals surface area contributed by atoms with Gasteiger partial charge in [0, 0.05) is 11.1 Å². The number of hydrogen-bond acceptors (Lipinski definition) is 6. The fourth-order valence-electron chi connectivity index (χ4n) is 3.31. The molecule has 1 aromatic heterocycles. The van der Waals surface area contributed by atoms with Gasteiger partial charge in [0.05, 0.1) is 5.39 Å². The van der Waals surface area contributed by atoms with Crippen molar-refractivity contribution in [1.29, 1.82) is 0 Å². The first kappa shape index (κ1) is 22.4. The van der Waals surface area contributed by atoms with Crippen molar-refractivity contribution >= 4 is 28.5 Å². The lowest BCUT2D eigenvalue weighted by atomic mass is 10.1. The van der Waals surface area contributed by atoms with Crippen LogP contribution in [0.1, 0.15) is 18.1 Å². The molecule has 1 atom stereocenters. The third-order valence-corrected chi connectivity index (χ3v) is 5.07. The van der Waals surface area contributed by atoms with E-state index in [-0.39, 0.29) is 22.5 Å². The molecular weight excluding hydrogens is 444 g/mol. The van der Waals surface area contributed by atoms with Crippen LogP contribution in [0.15, 0.2) is 76.1 Å². The minimum Gasteiger partial charge on any atom is -0.479 e. The van der Waals surface area contributed by atoms with Crippen molar-refractivity contribution in [3.8, 4) is 23.0 Å². The van der Waals surface area contributed by atoms with E-state index in [0.717, 1.165) is 11.1 Å². The van der Waals surface area contributed by atoms with Gasteiger partial charge in [0.1, 0.15) is 29.1 Å². The molecule has 0 saturated carbocycles. The summed E-state index contributed by atoms with van der Waals surface area (Å²) in [5.74, 6) is 0.748. The average molecular weight is 465 g/mol. The Morgan fingerprint density at radius 3 is 2.27 bits per heavy atom. The van der Waals surface area contributed by atoms with E-state index in [1.807, 2.05) is 32.0 Å². The second kappa shape index (κ2) is 9.38. The Kier molecular flexibility index (Phi) is 6.38. The molecule has 33 heavy (non-hydrogen) atoms. The number of esters is 1. The van der Waals surface area contributed by atoms with Crippen LogP contribution in [0.5, 0.6) is 23.0 Å². The van der Waals surface area contributed by atoms with Gasteiger partial charge in [0.15, 0.2) is 6.10 Å². The Balaban J connectivity index is 1.50. The number of carbonyl (C=O) groups excluding carboxylic acids is 1. The van der Waals surface area contributed by atoms with Crippen LogP contribution >= 0.6 is 11.6 Å². The lowest BCUT2D eigenvalue weighted by molar-refractivity contribution is -0.141. The Morgan fingerprint density at radius 2 is 1.58 bits per heavy atom. The standard InChI is InChI=1S/C26H21ClO6/c1-15-10-16(2)12-21(11-15)32-24-14-30-23-13-20(8-9-22(23)25(24)28)33-26(29)17(3)31-19-6-4-18(27)5-7-19/h4-14,17H,1-3H3. The van der Waals surface area contributed by atoms with Crippen LogP contribution in [-0.4, -0.2) is 12.1 Å². The first-order valence-corrected chi connectivity index (χ1v) is 10.6. The maximum atomic E-state index is 12.8. The molecule has 4 aromatic rings. The van der Waals surface area contributed by atoms with Crippen molar-refractivity contribution in [2.24, 2.45) is 0 Å². The summed E-state index contributed by atoms with van der Waals surface area (Å²) in [5.41, 5.74) is 1.99. The quantitative estimate of drug-likeness (QED) is 0.249. The monoisotopic (exact) mass is 464 g/mol. The van der Waals surface area contributed by atoms with Crippen LogP contribution in [0.4, 0.5) is 0 Å². The number of fused-ring (bicyclic) bond motifs is 1. The van der Waals surface area contributed by atoms with Crippen molar-refractivity contribution in [3.05, 3.63) is 93.3 Å². The van der Waals surface area contributed by atoms with E-state index in [9.17, 15) is 9.59 Å². The van der Waals surface area contributed by atoms with Crippen molar-refractivity contribution < 1.29 is 23.4 Å². The van der Waals surface area contributed by atoms with Gasteiger partial charge in [-0.05, 0) is 80.4 Å². The molecule has 0 bridgehead atoms. The number of halogens is 1. The van der Waals surface area contributed by atoms with Crippen LogP contribution < -0.4 is 19.6 Å². The summed E-state index contributed by atoms with van der Waals surface area (Å²) >= 11 is 5.85. The summed E-state index contributed by atoms with van der Waals surface area (Å²) in [5, 5.41) is 0.875. The number of hydrogen-bond donors (Lipinski definition) is 0. The number of rotatable bonds is 6. The highest BCUT2D eigenvalue weighted by molar-refractivity contribution is 6.30. The molecule has 4 rings (SSSR count). The molecule has 0 aliphatic heterocycles. The highest BCUT2D eigenvalue weighted by Gasteiger charge is 2.18. The van der Waals surface area contributed by atoms with Crippen molar-refractivity contribution in [3.63, 3.8) is 0 Å². The fraction of sp³-hybridized carbons (Fsp3) is 0.154. The molecule has 168 valence electrons. The largest absolute Gasteiger partial charge is 0.479 e. The molecule has 0 aliphatic rings. The molecule has 0 radical (unpaired) electrons. The number of ether oxygens (including phenoxy) is 3. The van der Waals surface area contributed by atoms with Crippen molar-refractivity contribution in [2.45, 2.75) is 26.9 Å². The molecular formula is C26H21ClO6. The minimum absolute atomic E-state index is 0.0715. The van der Waals surface area contributed by atoms with Gasteiger partial charge >= 0.3 is 5.97 Å². The van der Waals surface area contributed by atoms with Crippen LogP contribution in [0.2, 0.25) is 5.02 Å². The molecule has 6 nitrogen and oxygen atoms in total. The average Bonchev–Trinajstić information content (AvgIpc) is 2.76. The number of aryl methyl sites for hydroxylation is 2. The zero-order valence-corrected chi connectivity index (χ0v) is 19.0. The molecule has 0 saturated heterocycles. The van der Waals surface area contributed by atoms with E-state index in [1.54, 1.807) is 31.2 Å². The predicted octanol–water partition coefficient (Wildman–Crippen LogP) is 6.23. The summed E-state index contributed by atoms with van der Waals surface area (Å²) in [7, 11) is 0. The van der Waals surface area contributed by atoms with Crippen LogP contribution in [0.3, 0.4) is 0 Å². The van der Waals surface area contributed by atoms with E-state index >= 15 is 0 Å². The summed E-state index contributed by atoms with van der Waals surface area (Å²) < 4.78 is 22.3. The van der Waals surface area contributed by atoms with Crippen LogP contribution in [-0.2, 0) is 4.79 Å². The van der Waals surface area contributed by atoms with Gasteiger partial charge in [-0.1, -0.05) is 17.7 Å². The predicted molar refractivity (Wildman–Crippen MR) is 126 cm³/mol. The second-order valence-electron chi connectivity index (χ2n) is 7.65. The fourth-order valence-corrected chi connectivity index (χ4v) is 3.43. The lowest BCUT2D eigenvalue weighted by Crippen LogP contribution is -2.28. The normalized spacial score (nSPS) is 11.8. The van der Waals surface area contributed by atoms with E-state index in [4.69, 9.17) is 30.2 Å². The Hall–Kier alpha value is -3.77. The van der Waals surface area contributed by atoms with Gasteiger partial charge < -0.3 is 18.6 Å². The van der Waals surface area contributed by atoms with Crippen molar-refractivity contribution in [2.75, 3.05) is 0 Å². The van der Waals surface area contributed by atoms with Gasteiger partial charge in [-0.2, -0.15) is 0 Å². The maximum Gasteiger partial charge on any atom is 0.352 e. The Labute approximate surface area is 195 Å². The maximum absolute atomic E-state index is 12.8. The van der Waals surface area contributed by atoms with Gasteiger partial charge in [0.25, 0.3) is 0 Å². The third-order valence-electron chi connectivity index (χ3n) is 4.81. The summed E-state index contributed by atoms with van der Waals surface area (Å²) in [6.45, 7) is 5.48. The van der Waals surface area contributed by atoms with Gasteiger partial charge in [-0.15, -0.1) is 0 Å². The molecule has 0 spiro atoms. The van der Waals surface area contributed by atoms with Crippen LogP contribution in [0.25, 0.3) is 11.0 Å². The highest BCUT2D eigenvalue weighted by atomic mass is 35.5. The Morgan fingerprint density at radius 1 is 0.909 bits per heavy atom. The smallest absolute Gasteiger partial charge is 0.352 e. The molecule has 7 heteroatoms. The Bertz CT molecular complexity index is 1350. The topological polar surface area (TPSA) is 75.0 Å². The van der Waals surface area contributed by atoms with E-state index in [1.165, 1.54) is 24.5 Å². The summed E-state index contributed by atoms with van der Waals surface area (Å²) in [6, 6.07) is 16.9. The van der Waals surface area contributed by atoms with Crippen molar-refractivity contribution in [1.82, 2.24) is 0 Å².